The van der Waals surface area contributed by atoms with Crippen LogP contribution in [0.15, 0.2) is 12.7 Å². The van der Waals surface area contributed by atoms with E-state index in [1.54, 1.807) is 6.08 Å². The zero-order chi connectivity index (χ0) is 7.78. The van der Waals surface area contributed by atoms with Gasteiger partial charge >= 0.3 is 0 Å². The first-order valence-corrected chi connectivity index (χ1v) is 4.78. The Labute approximate surface area is 60.8 Å². The topological polar surface area (TPSA) is 63.3 Å². The SMILES string of the molecule is C=C[C@H]1C[C@]1(N)C[PH](=O)O. The fourth-order valence-corrected chi connectivity index (χ4v) is 2.12. The molecular formula is C6H12NO2P. The predicted octanol–water partition coefficient (Wildman–Crippen LogP) is 0.357. The lowest BCUT2D eigenvalue weighted by Gasteiger charge is -2.05. The molecule has 1 saturated carbocycles. The van der Waals surface area contributed by atoms with Crippen LogP contribution in [0, 0.1) is 5.92 Å². The van der Waals surface area contributed by atoms with E-state index in [1.807, 2.05) is 0 Å². The van der Waals surface area contributed by atoms with E-state index in [-0.39, 0.29) is 12.1 Å². The first-order valence-electron chi connectivity index (χ1n) is 3.22. The lowest BCUT2D eigenvalue weighted by molar-refractivity contribution is 0.494. The zero-order valence-corrected chi connectivity index (χ0v) is 6.71. The quantitative estimate of drug-likeness (QED) is 0.464. The van der Waals surface area contributed by atoms with Crippen LogP contribution in [-0.2, 0) is 4.57 Å². The summed E-state index contributed by atoms with van der Waals surface area (Å²) in [4.78, 5) is 8.57. The molecule has 0 spiro atoms. The van der Waals surface area contributed by atoms with E-state index in [1.165, 1.54) is 0 Å². The first-order chi connectivity index (χ1) is 4.58. The first kappa shape index (κ1) is 7.99. The normalized spacial score (nSPS) is 40.8. The van der Waals surface area contributed by atoms with Crippen LogP contribution in [0.5, 0.6) is 0 Å². The number of hydrogen-bond acceptors (Lipinski definition) is 2. The van der Waals surface area contributed by atoms with Gasteiger partial charge in [0.1, 0.15) is 0 Å². The second-order valence-corrected chi connectivity index (χ2v) is 3.99. The highest BCUT2D eigenvalue weighted by molar-refractivity contribution is 7.38. The van der Waals surface area contributed by atoms with Gasteiger partial charge in [0.15, 0.2) is 8.03 Å². The lowest BCUT2D eigenvalue weighted by atomic mass is 10.2. The molecule has 0 aromatic rings. The Hall–Kier alpha value is -0.110. The van der Waals surface area contributed by atoms with Gasteiger partial charge in [0.25, 0.3) is 0 Å². The summed E-state index contributed by atoms with van der Waals surface area (Å²) in [5.74, 6) is 0.258. The maximum atomic E-state index is 10.4. The Kier molecular flexibility index (Phi) is 1.99. The highest BCUT2D eigenvalue weighted by Gasteiger charge is 2.49. The van der Waals surface area contributed by atoms with Gasteiger partial charge in [-0.05, 0) is 12.3 Å². The molecule has 0 saturated heterocycles. The molecule has 4 heteroatoms. The minimum atomic E-state index is -2.39. The molecule has 0 aromatic carbocycles. The highest BCUT2D eigenvalue weighted by atomic mass is 31.1. The molecule has 0 aliphatic heterocycles. The third-order valence-corrected chi connectivity index (χ3v) is 2.90. The van der Waals surface area contributed by atoms with Gasteiger partial charge in [-0.25, -0.2) is 0 Å². The van der Waals surface area contributed by atoms with E-state index in [4.69, 9.17) is 10.6 Å². The molecular weight excluding hydrogens is 149 g/mol. The van der Waals surface area contributed by atoms with Crippen LogP contribution in [0.3, 0.4) is 0 Å². The van der Waals surface area contributed by atoms with Gasteiger partial charge in [0, 0.05) is 11.7 Å². The summed E-state index contributed by atoms with van der Waals surface area (Å²) in [5, 5.41) is 0. The Morgan fingerprint density at radius 2 is 2.60 bits per heavy atom. The predicted molar refractivity (Wildman–Crippen MR) is 41.3 cm³/mol. The van der Waals surface area contributed by atoms with Crippen LogP contribution >= 0.6 is 8.03 Å². The van der Waals surface area contributed by atoms with Crippen molar-refractivity contribution in [2.75, 3.05) is 6.16 Å². The molecule has 0 heterocycles. The molecule has 0 aromatic heterocycles. The van der Waals surface area contributed by atoms with Gasteiger partial charge in [-0.15, -0.1) is 6.58 Å². The fraction of sp³-hybridized carbons (Fsp3) is 0.667. The summed E-state index contributed by atoms with van der Waals surface area (Å²) < 4.78 is 10.4. The maximum absolute atomic E-state index is 10.4. The average Bonchev–Trinajstić information content (AvgIpc) is 2.39. The van der Waals surface area contributed by atoms with E-state index in [0.717, 1.165) is 6.42 Å². The third kappa shape index (κ3) is 1.48. The highest BCUT2D eigenvalue weighted by Crippen LogP contribution is 2.45. The van der Waals surface area contributed by atoms with E-state index in [2.05, 4.69) is 6.58 Å². The van der Waals surface area contributed by atoms with Crippen molar-refractivity contribution in [2.45, 2.75) is 12.0 Å². The Morgan fingerprint density at radius 1 is 2.00 bits per heavy atom. The van der Waals surface area contributed by atoms with Gasteiger partial charge in [-0.3, -0.25) is 4.57 Å². The van der Waals surface area contributed by atoms with Crippen molar-refractivity contribution in [3.8, 4) is 0 Å². The molecule has 1 aliphatic carbocycles. The third-order valence-electron chi connectivity index (χ3n) is 1.94. The van der Waals surface area contributed by atoms with Crippen LogP contribution in [0.4, 0.5) is 0 Å². The van der Waals surface area contributed by atoms with Crippen LogP contribution in [0.25, 0.3) is 0 Å². The summed E-state index contributed by atoms with van der Waals surface area (Å²) in [5.41, 5.74) is 5.30. The van der Waals surface area contributed by atoms with E-state index < -0.39 is 13.6 Å². The van der Waals surface area contributed by atoms with Crippen molar-refractivity contribution < 1.29 is 9.46 Å². The van der Waals surface area contributed by atoms with Gasteiger partial charge in [-0.2, -0.15) is 0 Å². The van der Waals surface area contributed by atoms with Crippen molar-refractivity contribution >= 4 is 8.03 Å². The molecule has 1 rings (SSSR count). The van der Waals surface area contributed by atoms with Crippen molar-refractivity contribution in [3.63, 3.8) is 0 Å². The molecule has 3 nitrogen and oxygen atoms in total. The van der Waals surface area contributed by atoms with Crippen LogP contribution in [0.2, 0.25) is 0 Å². The molecule has 1 aliphatic rings. The van der Waals surface area contributed by atoms with Crippen LogP contribution in [-0.4, -0.2) is 16.6 Å². The van der Waals surface area contributed by atoms with E-state index >= 15 is 0 Å². The Morgan fingerprint density at radius 3 is 2.90 bits per heavy atom. The Bertz CT molecular complexity index is 183. The largest absolute Gasteiger partial charge is 0.346 e. The molecule has 3 atom stereocenters. The lowest BCUT2D eigenvalue weighted by Crippen LogP contribution is -2.27. The van der Waals surface area contributed by atoms with E-state index in [0.29, 0.717) is 0 Å². The summed E-state index contributed by atoms with van der Waals surface area (Å²) in [6, 6.07) is 0. The van der Waals surface area contributed by atoms with Crippen LogP contribution in [0.1, 0.15) is 6.42 Å². The van der Waals surface area contributed by atoms with E-state index in [9.17, 15) is 4.57 Å². The van der Waals surface area contributed by atoms with Gasteiger partial charge < -0.3 is 10.6 Å². The van der Waals surface area contributed by atoms with Crippen molar-refractivity contribution in [3.05, 3.63) is 12.7 Å². The zero-order valence-electron chi connectivity index (χ0n) is 5.71. The van der Waals surface area contributed by atoms with Crippen molar-refractivity contribution in [1.82, 2.24) is 0 Å². The average molecular weight is 161 g/mol. The summed E-state index contributed by atoms with van der Waals surface area (Å²) >= 11 is 0. The molecule has 10 heavy (non-hydrogen) atoms. The molecule has 0 amide bonds. The molecule has 58 valence electrons. The Balaban J connectivity index is 2.43. The minimum absolute atomic E-state index is 0.244. The van der Waals surface area contributed by atoms with Crippen molar-refractivity contribution in [1.29, 1.82) is 0 Å². The molecule has 0 radical (unpaired) electrons. The molecule has 1 fully saturated rings. The number of nitrogens with two attached hydrogens (primary N) is 1. The standard InChI is InChI=1S/C6H12NO2P/c1-2-5-3-6(5,7)4-10(8)9/h2,5,10H,1,3-4,7H2,(H,8,9)/t5-,6-/m0/s1. The second-order valence-electron chi connectivity index (χ2n) is 2.85. The molecule has 0 bridgehead atoms. The van der Waals surface area contributed by atoms with Crippen LogP contribution < -0.4 is 5.73 Å². The summed E-state index contributed by atoms with van der Waals surface area (Å²) in [7, 11) is -2.39. The van der Waals surface area contributed by atoms with Crippen molar-refractivity contribution in [2.24, 2.45) is 11.7 Å². The molecule has 3 N–H and O–H groups in total. The summed E-state index contributed by atoms with van der Waals surface area (Å²) in [6.07, 6.45) is 2.81. The number of hydrogen-bond donors (Lipinski definition) is 2. The summed E-state index contributed by atoms with van der Waals surface area (Å²) in [6.45, 7) is 3.57. The van der Waals surface area contributed by atoms with Gasteiger partial charge in [-0.1, -0.05) is 6.08 Å². The second kappa shape index (κ2) is 2.50. The fourth-order valence-electron chi connectivity index (χ4n) is 1.15. The maximum Gasteiger partial charge on any atom is 0.190 e. The van der Waals surface area contributed by atoms with Gasteiger partial charge in [0.05, 0.1) is 0 Å². The molecule has 1 unspecified atom stereocenters. The van der Waals surface area contributed by atoms with Gasteiger partial charge in [0.2, 0.25) is 0 Å². The minimum Gasteiger partial charge on any atom is -0.346 e. The smallest absolute Gasteiger partial charge is 0.190 e. The number of rotatable bonds is 3. The monoisotopic (exact) mass is 161 g/mol.